The monoisotopic (exact) mass is 245 g/mol. The molecule has 2 nitrogen and oxygen atoms in total. The highest BCUT2D eigenvalue weighted by molar-refractivity contribution is 7.81. The Kier molecular flexibility index (Phi) is 6.59. The first-order valence-electron chi connectivity index (χ1n) is 6.82. The van der Waals surface area contributed by atoms with Crippen molar-refractivity contribution in [2.24, 2.45) is 0 Å². The van der Waals surface area contributed by atoms with Gasteiger partial charge in [0, 0.05) is 18.3 Å². The van der Waals surface area contributed by atoms with Gasteiger partial charge in [0.1, 0.15) is 0 Å². The van der Waals surface area contributed by atoms with E-state index in [1.54, 1.807) is 0 Å². The quantitative estimate of drug-likeness (QED) is 0.701. The minimum atomic E-state index is -0.799. The van der Waals surface area contributed by atoms with E-state index in [4.69, 9.17) is 0 Å². The Morgan fingerprint density at radius 1 is 1.25 bits per heavy atom. The van der Waals surface area contributed by atoms with E-state index in [0.717, 1.165) is 6.42 Å². The molecule has 0 amide bonds. The minimum Gasteiger partial charge on any atom is -0.243 e. The van der Waals surface area contributed by atoms with E-state index in [1.807, 2.05) is 6.26 Å². The molecule has 0 bridgehead atoms. The number of rotatable bonds is 6. The van der Waals surface area contributed by atoms with Crippen molar-refractivity contribution in [3.63, 3.8) is 0 Å². The van der Waals surface area contributed by atoms with Gasteiger partial charge in [-0.3, -0.25) is 0 Å². The summed E-state index contributed by atoms with van der Waals surface area (Å²) in [4.78, 5) is 0. The molecule has 0 aliphatic heterocycles. The molecular formula is C13H27NOS. The first-order chi connectivity index (χ1) is 7.70. The predicted octanol–water partition coefficient (Wildman–Crippen LogP) is 3.49. The second kappa shape index (κ2) is 7.44. The Balaban J connectivity index is 2.66. The Labute approximate surface area is 103 Å². The van der Waals surface area contributed by atoms with E-state index in [1.165, 1.54) is 44.9 Å². The van der Waals surface area contributed by atoms with Crippen LogP contribution in [0.25, 0.3) is 0 Å². The zero-order valence-electron chi connectivity index (χ0n) is 11.1. The van der Waals surface area contributed by atoms with Gasteiger partial charge in [-0.15, -0.1) is 0 Å². The third-order valence-corrected chi connectivity index (χ3v) is 4.87. The van der Waals surface area contributed by atoms with Crippen molar-refractivity contribution in [1.82, 2.24) is 4.31 Å². The predicted molar refractivity (Wildman–Crippen MR) is 71.8 cm³/mol. The minimum absolute atomic E-state index is 0.527. The maximum atomic E-state index is 12.0. The van der Waals surface area contributed by atoms with E-state index in [2.05, 4.69) is 18.2 Å². The molecule has 3 heteroatoms. The van der Waals surface area contributed by atoms with Crippen LogP contribution in [0.15, 0.2) is 0 Å². The Bertz CT molecular complexity index is 209. The van der Waals surface area contributed by atoms with Crippen LogP contribution in [-0.4, -0.2) is 26.9 Å². The molecule has 2 atom stereocenters. The molecule has 0 heterocycles. The molecule has 1 aliphatic carbocycles. The summed E-state index contributed by atoms with van der Waals surface area (Å²) < 4.78 is 14.3. The van der Waals surface area contributed by atoms with Gasteiger partial charge in [-0.1, -0.05) is 39.5 Å². The highest BCUT2D eigenvalue weighted by Crippen LogP contribution is 2.27. The van der Waals surface area contributed by atoms with Gasteiger partial charge in [-0.05, 0) is 25.7 Å². The molecule has 1 rings (SSSR count). The molecule has 2 unspecified atom stereocenters. The lowest BCUT2D eigenvalue weighted by atomic mass is 9.94. The van der Waals surface area contributed by atoms with Gasteiger partial charge in [0.05, 0.1) is 11.0 Å². The molecule has 0 N–H and O–H groups in total. The van der Waals surface area contributed by atoms with Crippen molar-refractivity contribution in [1.29, 1.82) is 0 Å². The Morgan fingerprint density at radius 3 is 2.31 bits per heavy atom. The third kappa shape index (κ3) is 3.85. The fraction of sp³-hybridized carbons (Fsp3) is 1.00. The molecular weight excluding hydrogens is 218 g/mol. The Morgan fingerprint density at radius 2 is 1.88 bits per heavy atom. The van der Waals surface area contributed by atoms with E-state index < -0.39 is 11.0 Å². The summed E-state index contributed by atoms with van der Waals surface area (Å²) in [5.41, 5.74) is 0. The number of hydrogen-bond donors (Lipinski definition) is 0. The maximum absolute atomic E-state index is 12.0. The average molecular weight is 245 g/mol. The van der Waals surface area contributed by atoms with Gasteiger partial charge in [0.15, 0.2) is 0 Å². The summed E-state index contributed by atoms with van der Waals surface area (Å²) >= 11 is 0. The van der Waals surface area contributed by atoms with E-state index in [9.17, 15) is 4.21 Å². The second-order valence-electron chi connectivity index (χ2n) is 4.93. The van der Waals surface area contributed by atoms with Crippen LogP contribution in [0.4, 0.5) is 0 Å². The molecule has 0 saturated heterocycles. The van der Waals surface area contributed by atoms with Gasteiger partial charge in [-0.2, -0.15) is 0 Å². The van der Waals surface area contributed by atoms with Crippen LogP contribution in [0.1, 0.15) is 65.2 Å². The molecule has 1 aliphatic rings. The van der Waals surface area contributed by atoms with Crippen molar-refractivity contribution in [3.05, 3.63) is 0 Å². The molecule has 16 heavy (non-hydrogen) atoms. The zero-order valence-corrected chi connectivity index (χ0v) is 11.9. The molecule has 0 aromatic carbocycles. The average Bonchev–Trinajstić information content (AvgIpc) is 2.29. The van der Waals surface area contributed by atoms with Crippen molar-refractivity contribution >= 4 is 11.0 Å². The van der Waals surface area contributed by atoms with Crippen molar-refractivity contribution in [3.8, 4) is 0 Å². The van der Waals surface area contributed by atoms with Crippen molar-refractivity contribution < 1.29 is 4.21 Å². The third-order valence-electron chi connectivity index (χ3n) is 3.68. The summed E-state index contributed by atoms with van der Waals surface area (Å²) in [7, 11) is -0.799. The zero-order chi connectivity index (χ0) is 12.0. The standard InChI is InChI=1S/C13H27NOS/c1-4-9-12(5-2)14(16(3)15)13-10-7-6-8-11-13/h12-13H,4-11H2,1-3H3. The SMILES string of the molecule is CCCC(CC)N(C1CCCCC1)S(C)=O. The van der Waals surface area contributed by atoms with E-state index in [-0.39, 0.29) is 0 Å². The lowest BCUT2D eigenvalue weighted by molar-refractivity contribution is 0.199. The van der Waals surface area contributed by atoms with E-state index >= 15 is 0 Å². The normalized spacial score (nSPS) is 22.2. The summed E-state index contributed by atoms with van der Waals surface area (Å²) in [6, 6.07) is 1.11. The summed E-state index contributed by atoms with van der Waals surface area (Å²) in [6.45, 7) is 4.45. The first kappa shape index (κ1) is 14.2. The van der Waals surface area contributed by atoms with E-state index in [0.29, 0.717) is 12.1 Å². The van der Waals surface area contributed by atoms with Crippen molar-refractivity contribution in [2.45, 2.75) is 77.3 Å². The van der Waals surface area contributed by atoms with Crippen LogP contribution in [0, 0.1) is 0 Å². The van der Waals surface area contributed by atoms with Crippen LogP contribution in [0.2, 0.25) is 0 Å². The van der Waals surface area contributed by atoms with Gasteiger partial charge >= 0.3 is 0 Å². The van der Waals surface area contributed by atoms with Gasteiger partial charge < -0.3 is 0 Å². The summed E-state index contributed by atoms with van der Waals surface area (Å²) in [5, 5.41) is 0. The second-order valence-corrected chi connectivity index (χ2v) is 6.20. The van der Waals surface area contributed by atoms with Gasteiger partial charge in [0.25, 0.3) is 0 Å². The molecule has 1 saturated carbocycles. The molecule has 96 valence electrons. The Hall–Kier alpha value is 0.110. The first-order valence-corrected chi connectivity index (χ1v) is 8.34. The number of nitrogens with zero attached hydrogens (tertiary/aromatic N) is 1. The van der Waals surface area contributed by atoms with Crippen LogP contribution >= 0.6 is 0 Å². The van der Waals surface area contributed by atoms with Crippen molar-refractivity contribution in [2.75, 3.05) is 6.26 Å². The highest BCUT2D eigenvalue weighted by atomic mass is 32.2. The largest absolute Gasteiger partial charge is 0.243 e. The molecule has 0 radical (unpaired) electrons. The fourth-order valence-electron chi connectivity index (χ4n) is 2.90. The molecule has 0 aromatic heterocycles. The molecule has 0 spiro atoms. The summed E-state index contributed by atoms with van der Waals surface area (Å²) in [5.74, 6) is 0. The lowest BCUT2D eigenvalue weighted by Crippen LogP contribution is -2.44. The summed E-state index contributed by atoms with van der Waals surface area (Å²) in [6.07, 6.45) is 11.9. The molecule has 0 aromatic rings. The smallest absolute Gasteiger partial charge is 0.0915 e. The van der Waals surface area contributed by atoms with Crippen LogP contribution in [0.3, 0.4) is 0 Å². The number of hydrogen-bond acceptors (Lipinski definition) is 1. The highest BCUT2D eigenvalue weighted by Gasteiger charge is 2.28. The van der Waals surface area contributed by atoms with Crippen LogP contribution < -0.4 is 0 Å². The molecule has 1 fully saturated rings. The van der Waals surface area contributed by atoms with Gasteiger partial charge in [-0.25, -0.2) is 8.51 Å². The van der Waals surface area contributed by atoms with Crippen LogP contribution in [-0.2, 0) is 11.0 Å². The van der Waals surface area contributed by atoms with Gasteiger partial charge in [0.2, 0.25) is 0 Å². The maximum Gasteiger partial charge on any atom is 0.0915 e. The van der Waals surface area contributed by atoms with Crippen LogP contribution in [0.5, 0.6) is 0 Å². The fourth-order valence-corrected chi connectivity index (χ4v) is 4.20. The lowest BCUT2D eigenvalue weighted by Gasteiger charge is -2.37. The topological polar surface area (TPSA) is 20.3 Å².